The number of nitrogens with zero attached hydrogens (tertiary/aromatic N) is 4. The van der Waals surface area contributed by atoms with E-state index in [0.717, 1.165) is 47.9 Å². The van der Waals surface area contributed by atoms with Gasteiger partial charge in [0, 0.05) is 33.8 Å². The summed E-state index contributed by atoms with van der Waals surface area (Å²) in [5.41, 5.74) is 3.07. The maximum Gasteiger partial charge on any atom is 0.179 e. The molecule has 2 rings (SSSR count). The van der Waals surface area contributed by atoms with E-state index < -0.39 is 0 Å². The lowest BCUT2D eigenvalue weighted by molar-refractivity contribution is 0.159. The molecule has 2 aromatic rings. The molecule has 2 heterocycles. The van der Waals surface area contributed by atoms with Crippen LogP contribution in [-0.2, 0) is 18.3 Å². The Morgan fingerprint density at radius 2 is 2.16 bits per heavy atom. The molecular weight excluding hydrogens is 262 g/mol. The maximum atomic E-state index is 5.39. The molecule has 0 spiro atoms. The fourth-order valence-corrected chi connectivity index (χ4v) is 2.49. The summed E-state index contributed by atoms with van der Waals surface area (Å²) in [6, 6.07) is 0. The van der Waals surface area contributed by atoms with Crippen LogP contribution in [0.4, 0.5) is 0 Å². The highest BCUT2D eigenvalue weighted by molar-refractivity contribution is 7.71. The van der Waals surface area contributed by atoms with Crippen LogP contribution in [0.3, 0.4) is 0 Å². The van der Waals surface area contributed by atoms with Gasteiger partial charge in [-0.3, -0.25) is 4.68 Å². The molecule has 0 fully saturated rings. The van der Waals surface area contributed by atoms with E-state index in [1.54, 1.807) is 7.11 Å². The molecule has 6 nitrogen and oxygen atoms in total. The fourth-order valence-electron chi connectivity index (χ4n) is 2.21. The zero-order valence-electron chi connectivity index (χ0n) is 11.9. The highest BCUT2D eigenvalue weighted by Crippen LogP contribution is 2.16. The van der Waals surface area contributed by atoms with Gasteiger partial charge in [0.1, 0.15) is 5.52 Å². The lowest BCUT2D eigenvalue weighted by atomic mass is 10.4. The second kappa shape index (κ2) is 5.85. The number of nitrogens with one attached hydrogen (secondary N) is 1. The molecule has 106 valence electrons. The van der Waals surface area contributed by atoms with Crippen molar-refractivity contribution in [2.24, 2.45) is 7.05 Å². The van der Waals surface area contributed by atoms with Crippen LogP contribution in [0, 0.1) is 11.7 Å². The molecule has 2 aromatic heterocycles. The Bertz CT molecular complexity index is 611. The third-order valence-corrected chi connectivity index (χ3v) is 3.63. The van der Waals surface area contributed by atoms with Crippen LogP contribution in [0.1, 0.15) is 5.69 Å². The van der Waals surface area contributed by atoms with Gasteiger partial charge in [0.2, 0.25) is 0 Å². The van der Waals surface area contributed by atoms with E-state index in [-0.39, 0.29) is 0 Å². The van der Waals surface area contributed by atoms with Gasteiger partial charge in [-0.2, -0.15) is 5.10 Å². The summed E-state index contributed by atoms with van der Waals surface area (Å²) in [6.45, 7) is 5.42. The zero-order valence-corrected chi connectivity index (χ0v) is 12.8. The minimum absolute atomic E-state index is 0.745. The van der Waals surface area contributed by atoms with Crippen molar-refractivity contribution >= 4 is 23.4 Å². The number of aromatic nitrogens is 4. The van der Waals surface area contributed by atoms with E-state index in [1.165, 1.54) is 0 Å². The van der Waals surface area contributed by atoms with Gasteiger partial charge in [-0.25, -0.2) is 0 Å². The fraction of sp³-hybridized carbons (Fsp3) is 0.667. The Morgan fingerprint density at radius 1 is 1.42 bits per heavy atom. The molecule has 0 aromatic carbocycles. The lowest BCUT2D eigenvalue weighted by Gasteiger charge is -2.16. The predicted octanol–water partition coefficient (Wildman–Crippen LogP) is 1.32. The first-order valence-electron chi connectivity index (χ1n) is 6.34. The Kier molecular flexibility index (Phi) is 4.38. The van der Waals surface area contributed by atoms with E-state index in [9.17, 15) is 0 Å². The van der Waals surface area contributed by atoms with E-state index in [1.807, 2.05) is 18.7 Å². The minimum atomic E-state index is 0.745. The Balaban J connectivity index is 2.16. The summed E-state index contributed by atoms with van der Waals surface area (Å²) < 4.78 is 9.82. The SMILES string of the molecule is COCCN(C)CCn1c(=S)[nH]c2c(C)nn(C)c21. The van der Waals surface area contributed by atoms with Crippen molar-refractivity contribution in [1.82, 2.24) is 24.2 Å². The lowest BCUT2D eigenvalue weighted by Crippen LogP contribution is -2.27. The predicted molar refractivity (Wildman–Crippen MR) is 78.0 cm³/mol. The number of fused-ring (bicyclic) bond motifs is 1. The molecule has 0 saturated heterocycles. The molecule has 0 unspecified atom stereocenters. The highest BCUT2D eigenvalue weighted by atomic mass is 32.1. The van der Waals surface area contributed by atoms with Crippen LogP contribution < -0.4 is 0 Å². The van der Waals surface area contributed by atoms with E-state index in [2.05, 4.69) is 26.6 Å². The van der Waals surface area contributed by atoms with Crippen LogP contribution in [0.15, 0.2) is 0 Å². The van der Waals surface area contributed by atoms with Gasteiger partial charge in [-0.15, -0.1) is 0 Å². The summed E-state index contributed by atoms with van der Waals surface area (Å²) in [4.78, 5) is 5.46. The number of hydrogen-bond donors (Lipinski definition) is 1. The molecule has 0 amide bonds. The molecule has 0 bridgehead atoms. The average molecular weight is 283 g/mol. The summed E-state index contributed by atoms with van der Waals surface area (Å²) in [5, 5.41) is 4.41. The zero-order chi connectivity index (χ0) is 14.0. The van der Waals surface area contributed by atoms with Gasteiger partial charge in [0.15, 0.2) is 10.4 Å². The summed E-state index contributed by atoms with van der Waals surface area (Å²) in [7, 11) is 5.75. The minimum Gasteiger partial charge on any atom is -0.383 e. The normalized spacial score (nSPS) is 11.8. The molecule has 1 N–H and O–H groups in total. The number of rotatable bonds is 6. The first-order valence-corrected chi connectivity index (χ1v) is 6.75. The number of aromatic amines is 1. The van der Waals surface area contributed by atoms with Crippen molar-refractivity contribution in [2.75, 3.05) is 33.9 Å². The summed E-state index contributed by atoms with van der Waals surface area (Å²) in [5.74, 6) is 0. The van der Waals surface area contributed by atoms with E-state index >= 15 is 0 Å². The number of ether oxygens (including phenoxy) is 1. The largest absolute Gasteiger partial charge is 0.383 e. The molecule has 19 heavy (non-hydrogen) atoms. The van der Waals surface area contributed by atoms with Crippen molar-refractivity contribution in [3.05, 3.63) is 10.5 Å². The first kappa shape index (κ1) is 14.2. The van der Waals surface area contributed by atoms with E-state index in [0.29, 0.717) is 0 Å². The smallest absolute Gasteiger partial charge is 0.179 e. The molecule has 0 atom stereocenters. The Morgan fingerprint density at radius 3 is 2.84 bits per heavy atom. The second-order valence-electron chi connectivity index (χ2n) is 4.79. The number of hydrogen-bond acceptors (Lipinski definition) is 4. The Labute approximate surface area is 118 Å². The third kappa shape index (κ3) is 2.88. The Hall–Kier alpha value is -1.18. The molecule has 0 saturated carbocycles. The summed E-state index contributed by atoms with van der Waals surface area (Å²) in [6.07, 6.45) is 0. The van der Waals surface area contributed by atoms with Crippen LogP contribution >= 0.6 is 12.2 Å². The van der Waals surface area contributed by atoms with Gasteiger partial charge in [-0.05, 0) is 26.2 Å². The third-order valence-electron chi connectivity index (χ3n) is 3.31. The van der Waals surface area contributed by atoms with Crippen LogP contribution in [0.5, 0.6) is 0 Å². The van der Waals surface area contributed by atoms with Gasteiger partial charge in [0.05, 0.1) is 12.3 Å². The number of aryl methyl sites for hydroxylation is 2. The maximum absolute atomic E-state index is 5.39. The number of likely N-dealkylation sites (N-methyl/N-ethyl adjacent to an activating group) is 1. The number of methoxy groups -OCH3 is 1. The first-order chi connectivity index (χ1) is 9.04. The van der Waals surface area contributed by atoms with Gasteiger partial charge < -0.3 is 19.2 Å². The monoisotopic (exact) mass is 283 g/mol. The quantitative estimate of drug-likeness (QED) is 0.812. The highest BCUT2D eigenvalue weighted by Gasteiger charge is 2.12. The molecular formula is C12H21N5OS. The molecule has 0 radical (unpaired) electrons. The molecule has 0 aliphatic heterocycles. The average Bonchev–Trinajstić information content (AvgIpc) is 2.83. The number of H-pyrrole nitrogens is 1. The van der Waals surface area contributed by atoms with E-state index in [4.69, 9.17) is 17.0 Å². The standard InChI is InChI=1S/C12H21N5OS/c1-9-10-11(16(3)14-9)17(12(19)13-10)6-5-15(2)7-8-18-4/h5-8H2,1-4H3,(H,13,19). The van der Waals surface area contributed by atoms with Crippen LogP contribution in [-0.4, -0.2) is 58.1 Å². The molecule has 7 heteroatoms. The molecule has 0 aliphatic carbocycles. The van der Waals surface area contributed by atoms with Crippen molar-refractivity contribution in [2.45, 2.75) is 13.5 Å². The van der Waals surface area contributed by atoms with Crippen molar-refractivity contribution in [3.8, 4) is 0 Å². The number of imidazole rings is 1. The molecule has 0 aliphatic rings. The topological polar surface area (TPSA) is 51.0 Å². The van der Waals surface area contributed by atoms with Crippen molar-refractivity contribution < 1.29 is 4.74 Å². The van der Waals surface area contributed by atoms with Crippen LogP contribution in [0.2, 0.25) is 0 Å². The van der Waals surface area contributed by atoms with Crippen molar-refractivity contribution in [1.29, 1.82) is 0 Å². The second-order valence-corrected chi connectivity index (χ2v) is 5.17. The van der Waals surface area contributed by atoms with Gasteiger partial charge in [0.25, 0.3) is 0 Å². The van der Waals surface area contributed by atoms with Gasteiger partial charge >= 0.3 is 0 Å². The summed E-state index contributed by atoms with van der Waals surface area (Å²) >= 11 is 5.39. The van der Waals surface area contributed by atoms with Crippen molar-refractivity contribution in [3.63, 3.8) is 0 Å². The van der Waals surface area contributed by atoms with Crippen LogP contribution in [0.25, 0.3) is 11.2 Å². The van der Waals surface area contributed by atoms with Gasteiger partial charge in [-0.1, -0.05) is 0 Å².